The molecule has 0 saturated carbocycles. The van der Waals surface area contributed by atoms with Crippen molar-refractivity contribution in [2.75, 3.05) is 13.2 Å². The number of carboxylic acid groups (broad SMARTS) is 1. The number of hydrogen-bond donors (Lipinski definition) is 3. The Kier molecular flexibility index (Phi) is 5.32. The lowest BCUT2D eigenvalue weighted by Crippen LogP contribution is -2.48. The first-order valence-electron chi connectivity index (χ1n) is 8.04. The van der Waals surface area contributed by atoms with E-state index in [1.54, 1.807) is 0 Å². The van der Waals surface area contributed by atoms with Crippen LogP contribution < -0.4 is 0 Å². The molecule has 2 aromatic heterocycles. The van der Waals surface area contributed by atoms with E-state index in [1.165, 1.54) is 10.9 Å². The van der Waals surface area contributed by atoms with Gasteiger partial charge in [0.15, 0.2) is 17.5 Å². The zero-order valence-electron chi connectivity index (χ0n) is 14.2. The number of ether oxygens (including phenoxy) is 2. The number of hydrogen-bond acceptors (Lipinski definition) is 8. The highest BCUT2D eigenvalue weighted by Gasteiger charge is 2.55. The Hall–Kier alpha value is -2.29. The van der Waals surface area contributed by atoms with Crippen molar-refractivity contribution in [3.05, 3.63) is 17.3 Å². The van der Waals surface area contributed by atoms with Crippen LogP contribution in [0.2, 0.25) is 5.28 Å². The molecule has 0 aromatic carbocycles. The van der Waals surface area contributed by atoms with Gasteiger partial charge in [-0.2, -0.15) is 4.98 Å². The van der Waals surface area contributed by atoms with E-state index in [-0.39, 0.29) is 11.9 Å². The van der Waals surface area contributed by atoms with Gasteiger partial charge in [-0.05, 0) is 18.0 Å². The second-order valence-corrected chi connectivity index (χ2v) is 6.29. The largest absolute Gasteiger partial charge is 0.480 e. The van der Waals surface area contributed by atoms with E-state index in [4.69, 9.17) is 32.6 Å². The van der Waals surface area contributed by atoms with Gasteiger partial charge < -0.3 is 24.8 Å². The molecule has 0 spiro atoms. The number of terminal acetylenes is 1. The standard InChI is InChI=1S/C16H17ClN4O6/c1-3-8-11-13(20-15(17)19-8)21(7-18-11)14-12(24)16(25,4-2)9(27-14)5-26-6-10(22)23/h2,7,9,12,14,24-25H,3,5-6H2,1H3,(H,22,23)/t9-,12+,14-,16-/m1/s1. The number of carbonyl (C=O) groups is 1. The summed E-state index contributed by atoms with van der Waals surface area (Å²) in [6, 6.07) is 0. The van der Waals surface area contributed by atoms with E-state index in [1.807, 2.05) is 6.92 Å². The Morgan fingerprint density at radius 2 is 2.30 bits per heavy atom. The van der Waals surface area contributed by atoms with Gasteiger partial charge in [-0.3, -0.25) is 4.57 Å². The second kappa shape index (κ2) is 7.38. The lowest BCUT2D eigenvalue weighted by Gasteiger charge is -2.24. The number of carboxylic acids is 1. The molecule has 4 atom stereocenters. The Bertz CT molecular complexity index is 912. The molecule has 3 N–H and O–H groups in total. The highest BCUT2D eigenvalue weighted by atomic mass is 35.5. The number of rotatable bonds is 6. The van der Waals surface area contributed by atoms with Gasteiger partial charge in [0.25, 0.3) is 0 Å². The molecule has 0 aliphatic carbocycles. The van der Waals surface area contributed by atoms with Crippen LogP contribution in [0.5, 0.6) is 0 Å². The molecule has 144 valence electrons. The second-order valence-electron chi connectivity index (χ2n) is 5.96. The maximum atomic E-state index is 10.7. The minimum absolute atomic E-state index is 0.00198. The number of aliphatic hydroxyl groups is 2. The van der Waals surface area contributed by atoms with Gasteiger partial charge in [0.1, 0.15) is 24.3 Å². The number of fused-ring (bicyclic) bond motifs is 1. The molecular formula is C16H17ClN4O6. The van der Waals surface area contributed by atoms with Crippen molar-refractivity contribution >= 4 is 28.7 Å². The average molecular weight is 397 g/mol. The predicted molar refractivity (Wildman–Crippen MR) is 91.9 cm³/mol. The zero-order valence-corrected chi connectivity index (χ0v) is 15.0. The average Bonchev–Trinajstić information content (AvgIpc) is 3.15. The number of aromatic nitrogens is 4. The van der Waals surface area contributed by atoms with Crippen molar-refractivity contribution in [3.63, 3.8) is 0 Å². The molecule has 2 aromatic rings. The summed E-state index contributed by atoms with van der Waals surface area (Å²) in [5.74, 6) is 0.926. The van der Waals surface area contributed by atoms with E-state index >= 15 is 0 Å². The van der Waals surface area contributed by atoms with E-state index in [9.17, 15) is 15.0 Å². The van der Waals surface area contributed by atoms with Crippen LogP contribution in [0.15, 0.2) is 6.33 Å². The molecule has 10 nitrogen and oxygen atoms in total. The van der Waals surface area contributed by atoms with Crippen molar-refractivity contribution in [3.8, 4) is 12.3 Å². The van der Waals surface area contributed by atoms with E-state index in [2.05, 4.69) is 20.9 Å². The summed E-state index contributed by atoms with van der Waals surface area (Å²) in [7, 11) is 0. The first-order valence-corrected chi connectivity index (χ1v) is 8.41. The van der Waals surface area contributed by atoms with Gasteiger partial charge in [-0.15, -0.1) is 6.42 Å². The highest BCUT2D eigenvalue weighted by Crippen LogP contribution is 2.38. The van der Waals surface area contributed by atoms with Gasteiger partial charge in [-0.1, -0.05) is 12.8 Å². The zero-order chi connectivity index (χ0) is 19.8. The fourth-order valence-corrected chi connectivity index (χ4v) is 3.13. The monoisotopic (exact) mass is 396 g/mol. The third-order valence-corrected chi connectivity index (χ3v) is 4.49. The van der Waals surface area contributed by atoms with E-state index in [0.29, 0.717) is 23.3 Å². The molecule has 0 radical (unpaired) electrons. The van der Waals surface area contributed by atoms with E-state index < -0.39 is 36.6 Å². The maximum absolute atomic E-state index is 10.7. The van der Waals surface area contributed by atoms with Crippen LogP contribution in [0.3, 0.4) is 0 Å². The van der Waals surface area contributed by atoms with Gasteiger partial charge in [0, 0.05) is 0 Å². The summed E-state index contributed by atoms with van der Waals surface area (Å²) in [6.07, 6.45) is 3.49. The van der Waals surface area contributed by atoms with Gasteiger partial charge in [0.2, 0.25) is 5.28 Å². The van der Waals surface area contributed by atoms with Crippen molar-refractivity contribution in [2.45, 2.75) is 37.4 Å². The molecule has 27 heavy (non-hydrogen) atoms. The van der Waals surface area contributed by atoms with Crippen LogP contribution in [0, 0.1) is 12.3 Å². The first-order chi connectivity index (χ1) is 12.8. The van der Waals surface area contributed by atoms with Crippen molar-refractivity contribution < 1.29 is 29.6 Å². The summed E-state index contributed by atoms with van der Waals surface area (Å²) in [6.45, 7) is 0.950. The van der Waals surface area contributed by atoms with Crippen LogP contribution in [0.1, 0.15) is 18.8 Å². The van der Waals surface area contributed by atoms with Crippen LogP contribution in [0.25, 0.3) is 11.2 Å². The number of halogens is 1. The van der Waals surface area contributed by atoms with Gasteiger partial charge in [-0.25, -0.2) is 14.8 Å². The van der Waals surface area contributed by atoms with Gasteiger partial charge in [0.05, 0.1) is 18.6 Å². The van der Waals surface area contributed by atoms with Crippen LogP contribution in [-0.2, 0) is 20.7 Å². The minimum Gasteiger partial charge on any atom is -0.480 e. The fraction of sp³-hybridized carbons (Fsp3) is 0.500. The molecule has 0 bridgehead atoms. The maximum Gasteiger partial charge on any atom is 0.329 e. The molecule has 1 aliphatic rings. The van der Waals surface area contributed by atoms with Crippen molar-refractivity contribution in [2.24, 2.45) is 0 Å². The Morgan fingerprint density at radius 3 is 2.93 bits per heavy atom. The topological polar surface area (TPSA) is 140 Å². The number of nitrogens with zero attached hydrogens (tertiary/aromatic N) is 4. The summed E-state index contributed by atoms with van der Waals surface area (Å²) in [4.78, 5) is 23.1. The molecule has 0 unspecified atom stereocenters. The normalized spacial score (nSPS) is 27.7. The van der Waals surface area contributed by atoms with Crippen molar-refractivity contribution in [1.29, 1.82) is 0 Å². The molecular weight excluding hydrogens is 380 g/mol. The third kappa shape index (κ3) is 3.36. The summed E-state index contributed by atoms with van der Waals surface area (Å²) >= 11 is 5.96. The highest BCUT2D eigenvalue weighted by molar-refractivity contribution is 6.28. The van der Waals surface area contributed by atoms with E-state index in [0.717, 1.165) is 0 Å². The summed E-state index contributed by atoms with van der Waals surface area (Å²) in [5, 5.41) is 29.9. The number of aryl methyl sites for hydroxylation is 1. The Labute approximate surface area is 158 Å². The summed E-state index contributed by atoms with van der Waals surface area (Å²) < 4.78 is 12.1. The number of aliphatic hydroxyl groups excluding tert-OH is 1. The Morgan fingerprint density at radius 1 is 1.56 bits per heavy atom. The fourth-order valence-electron chi connectivity index (χ4n) is 2.95. The first kappa shape index (κ1) is 19.5. The molecule has 3 rings (SSSR count). The van der Waals surface area contributed by atoms with Gasteiger partial charge >= 0.3 is 5.97 Å². The molecule has 0 amide bonds. The minimum atomic E-state index is -2.09. The molecule has 1 aliphatic heterocycles. The molecule has 1 saturated heterocycles. The summed E-state index contributed by atoms with van der Waals surface area (Å²) in [5.41, 5.74) is -0.691. The predicted octanol–water partition coefficient (Wildman–Crippen LogP) is -0.234. The van der Waals surface area contributed by atoms with Crippen LogP contribution >= 0.6 is 11.6 Å². The quantitative estimate of drug-likeness (QED) is 0.446. The Balaban J connectivity index is 1.95. The lowest BCUT2D eigenvalue weighted by molar-refractivity contribution is -0.145. The van der Waals surface area contributed by atoms with Crippen molar-refractivity contribution in [1.82, 2.24) is 19.5 Å². The SMILES string of the molecule is C#C[C@@]1(O)[C@@H](COCC(=O)O)O[C@@H](n2cnc3c(CC)nc(Cl)nc32)[C@@H]1O. The van der Waals surface area contributed by atoms with Crippen LogP contribution in [-0.4, -0.2) is 71.8 Å². The number of aliphatic carboxylic acids is 1. The molecule has 1 fully saturated rings. The molecule has 3 heterocycles. The lowest BCUT2D eigenvalue weighted by atomic mass is 9.93. The smallest absolute Gasteiger partial charge is 0.329 e. The third-order valence-electron chi connectivity index (χ3n) is 4.32. The number of imidazole rings is 1. The van der Waals surface area contributed by atoms with Crippen LogP contribution in [0.4, 0.5) is 0 Å². The molecule has 11 heteroatoms.